The zero-order chi connectivity index (χ0) is 33.5. The maximum atomic E-state index is 13.9. The van der Waals surface area contributed by atoms with Crippen LogP contribution in [0.2, 0.25) is 5.02 Å². The highest BCUT2D eigenvalue weighted by Gasteiger charge is 2.44. The van der Waals surface area contributed by atoms with E-state index in [0.29, 0.717) is 55.7 Å². The third kappa shape index (κ3) is 6.48. The highest BCUT2D eigenvalue weighted by molar-refractivity contribution is 7.99. The van der Waals surface area contributed by atoms with Crippen LogP contribution in [0.5, 0.6) is 5.75 Å². The Bertz CT molecular complexity index is 1810. The van der Waals surface area contributed by atoms with Crippen molar-refractivity contribution in [2.45, 2.75) is 81.7 Å². The van der Waals surface area contributed by atoms with Gasteiger partial charge in [-0.1, -0.05) is 36.7 Å². The summed E-state index contributed by atoms with van der Waals surface area (Å²) < 4.78 is 31.6. The number of benzene rings is 2. The van der Waals surface area contributed by atoms with Crippen LogP contribution in [0.3, 0.4) is 0 Å². The van der Waals surface area contributed by atoms with Crippen molar-refractivity contribution < 1.29 is 18.5 Å². The molecular weight excluding hydrogens is 648 g/mol. The Hall–Kier alpha value is -3.41. The monoisotopic (exact) mass is 692 g/mol. The molecule has 0 radical (unpaired) electrons. The van der Waals surface area contributed by atoms with E-state index in [9.17, 15) is 9.00 Å². The molecule has 0 saturated heterocycles. The van der Waals surface area contributed by atoms with Crippen LogP contribution < -0.4 is 14.4 Å². The van der Waals surface area contributed by atoms with Crippen molar-refractivity contribution in [3.63, 3.8) is 0 Å². The minimum absolute atomic E-state index is 0.127. The highest BCUT2D eigenvalue weighted by Crippen LogP contribution is 2.47. The number of hydrogen-bond donors (Lipinski definition) is 1. The minimum Gasteiger partial charge on any atom is -0.490 e. The summed E-state index contributed by atoms with van der Waals surface area (Å²) in [6.45, 7) is 4.38. The van der Waals surface area contributed by atoms with E-state index < -0.39 is 9.71 Å². The van der Waals surface area contributed by atoms with Crippen LogP contribution in [0.4, 0.5) is 5.69 Å². The van der Waals surface area contributed by atoms with E-state index in [4.69, 9.17) is 21.1 Å². The maximum absolute atomic E-state index is 13.9. The molecule has 2 aromatic carbocycles. The number of hydrogen-bond acceptors (Lipinski definition) is 8. The van der Waals surface area contributed by atoms with Gasteiger partial charge in [0, 0.05) is 41.4 Å². The van der Waals surface area contributed by atoms with Gasteiger partial charge in [0.2, 0.25) is 0 Å². The van der Waals surface area contributed by atoms with Gasteiger partial charge < -0.3 is 14.4 Å². The van der Waals surface area contributed by atoms with Gasteiger partial charge in [-0.05, 0) is 121 Å². The molecule has 3 heterocycles. The number of nitrogens with one attached hydrogen (secondary N) is 1. The number of nitrogens with zero attached hydrogens (tertiary/aromatic N) is 5. The SMILES string of the molecule is C=S1(=O)NC(=O)c2ccc3c(c2)N(C[C@@H]2CC[C@H]2[C@@H](OCc2nnnn2C)/C=C/CC[C@H]1CC)C[C@@]1(CCCc2cc(Cl)ccc21)CO3. The third-order valence-electron chi connectivity index (χ3n) is 11.0. The number of fused-ring (bicyclic) bond motifs is 4. The van der Waals surface area contributed by atoms with Crippen LogP contribution in [0.15, 0.2) is 48.6 Å². The molecule has 1 N–H and O–H groups in total. The number of allylic oxidation sites excluding steroid dienone is 1. The molecule has 2 bridgehead atoms. The molecule has 6 atom stereocenters. The van der Waals surface area contributed by atoms with Crippen molar-refractivity contribution in [1.82, 2.24) is 24.9 Å². The molecule has 1 aromatic heterocycles. The average molecular weight is 693 g/mol. The number of ether oxygens (including phenoxy) is 2. The quantitative estimate of drug-likeness (QED) is 0.285. The van der Waals surface area contributed by atoms with Crippen molar-refractivity contribution >= 4 is 38.8 Å². The number of tetrazole rings is 1. The summed E-state index contributed by atoms with van der Waals surface area (Å²) in [6, 6.07) is 11.9. The summed E-state index contributed by atoms with van der Waals surface area (Å²) in [7, 11) is -1.09. The van der Waals surface area contributed by atoms with Crippen LogP contribution >= 0.6 is 11.6 Å². The number of aryl methyl sites for hydroxylation is 2. The van der Waals surface area contributed by atoms with Crippen molar-refractivity contribution in [3.8, 4) is 5.75 Å². The summed E-state index contributed by atoms with van der Waals surface area (Å²) in [5.41, 5.74) is 3.69. The Morgan fingerprint density at radius 1 is 1.21 bits per heavy atom. The van der Waals surface area contributed by atoms with Gasteiger partial charge >= 0.3 is 0 Å². The van der Waals surface area contributed by atoms with Gasteiger partial charge in [0.15, 0.2) is 5.82 Å². The number of anilines is 1. The molecule has 256 valence electrons. The number of aromatic nitrogens is 4. The van der Waals surface area contributed by atoms with Crippen molar-refractivity contribution in [3.05, 3.63) is 76.1 Å². The summed E-state index contributed by atoms with van der Waals surface area (Å²) in [5.74, 6) is 5.74. The van der Waals surface area contributed by atoms with Gasteiger partial charge in [-0.2, -0.15) is 0 Å². The molecule has 2 aliphatic heterocycles. The standard InChI is InChI=1S/C36H45ClN6O4S/c1-4-28-9-5-6-10-32(46-21-34-38-40-41-42(34)2)29-14-11-26(29)20-43-22-36(17-7-8-24-18-27(37)13-15-30(24)36)23-47-33-16-12-25(19-31(33)43)35(44)39-48(28,3)45/h6,10,12-13,15-16,18-19,26,28-29,32H,3-5,7-9,11,14,17,20-23H2,1-2H3,(H,39,44,45)/b10-6+/t26-,28+,29+,32-,36-,48?/m0/s1. The topological polar surface area (TPSA) is 111 Å². The summed E-state index contributed by atoms with van der Waals surface area (Å²) in [4.78, 5) is 16.1. The second kappa shape index (κ2) is 13.5. The molecule has 7 rings (SSSR count). The molecule has 4 aliphatic rings. The average Bonchev–Trinajstić information content (AvgIpc) is 3.40. The number of carbonyl (C=O) groups excluding carboxylic acids is 1. The van der Waals surface area contributed by atoms with Crippen molar-refractivity contribution in [2.24, 2.45) is 18.9 Å². The van der Waals surface area contributed by atoms with Gasteiger partial charge in [0.25, 0.3) is 5.91 Å². The van der Waals surface area contributed by atoms with E-state index in [1.165, 1.54) is 11.1 Å². The summed E-state index contributed by atoms with van der Waals surface area (Å²) in [5, 5.41) is 12.4. The molecule has 1 spiro atoms. The summed E-state index contributed by atoms with van der Waals surface area (Å²) >= 11 is 6.46. The fourth-order valence-electron chi connectivity index (χ4n) is 8.13. The largest absolute Gasteiger partial charge is 0.490 e. The zero-order valence-electron chi connectivity index (χ0n) is 27.8. The lowest BCUT2D eigenvalue weighted by atomic mass is 9.68. The Balaban J connectivity index is 1.27. The predicted octanol–water partition coefficient (Wildman–Crippen LogP) is 5.44. The lowest BCUT2D eigenvalue weighted by molar-refractivity contribution is -0.0257. The molecule has 1 saturated carbocycles. The second-order valence-electron chi connectivity index (χ2n) is 14.0. The Morgan fingerprint density at radius 3 is 2.85 bits per heavy atom. The van der Waals surface area contributed by atoms with E-state index in [1.807, 2.05) is 32.2 Å². The lowest BCUT2D eigenvalue weighted by Gasteiger charge is -2.46. The van der Waals surface area contributed by atoms with Crippen LogP contribution in [0.1, 0.15) is 79.2 Å². The number of rotatable bonds is 4. The van der Waals surface area contributed by atoms with E-state index >= 15 is 0 Å². The minimum atomic E-state index is -2.91. The van der Waals surface area contributed by atoms with Gasteiger partial charge in [0.1, 0.15) is 12.4 Å². The van der Waals surface area contributed by atoms with Crippen molar-refractivity contribution in [2.75, 3.05) is 24.6 Å². The molecule has 2 aliphatic carbocycles. The van der Waals surface area contributed by atoms with Crippen molar-refractivity contribution in [1.29, 1.82) is 0 Å². The fraction of sp³-hybridized carbons (Fsp3) is 0.528. The van der Waals surface area contributed by atoms with Crippen LogP contribution in [0, 0.1) is 11.8 Å². The van der Waals surface area contributed by atoms with E-state index in [1.54, 1.807) is 10.7 Å². The van der Waals surface area contributed by atoms with Gasteiger partial charge in [0.05, 0.1) is 28.1 Å². The molecule has 1 amide bonds. The first-order chi connectivity index (χ1) is 23.2. The van der Waals surface area contributed by atoms with Crippen LogP contribution in [-0.2, 0) is 39.9 Å². The van der Waals surface area contributed by atoms with Gasteiger partial charge in [-0.15, -0.1) is 5.10 Å². The summed E-state index contributed by atoms with van der Waals surface area (Å²) in [6.07, 6.45) is 11.3. The molecule has 12 heteroatoms. The third-order valence-corrected chi connectivity index (χ3v) is 13.4. The Morgan fingerprint density at radius 2 is 2.08 bits per heavy atom. The van der Waals surface area contributed by atoms with Gasteiger partial charge in [-0.25, -0.2) is 8.89 Å². The molecule has 48 heavy (non-hydrogen) atoms. The molecule has 1 unspecified atom stereocenters. The zero-order valence-corrected chi connectivity index (χ0v) is 29.3. The van der Waals surface area contributed by atoms with E-state index in [2.05, 4.69) is 55.3 Å². The Kier molecular flexibility index (Phi) is 9.30. The van der Waals surface area contributed by atoms with Crippen LogP contribution in [0.25, 0.3) is 0 Å². The lowest BCUT2D eigenvalue weighted by Crippen LogP contribution is -2.49. The molecule has 3 aromatic rings. The first-order valence-electron chi connectivity index (χ1n) is 17.1. The number of carbonyl (C=O) groups is 1. The van der Waals surface area contributed by atoms with Gasteiger partial charge in [-0.3, -0.25) is 9.52 Å². The molecular formula is C36H45ClN6O4S. The second-order valence-corrected chi connectivity index (χ2v) is 16.7. The molecule has 1 fully saturated rings. The first kappa shape index (κ1) is 33.1. The predicted molar refractivity (Wildman–Crippen MR) is 189 cm³/mol. The highest BCUT2D eigenvalue weighted by atomic mass is 35.5. The Labute approximate surface area is 288 Å². The normalized spacial score (nSPS) is 31.1. The smallest absolute Gasteiger partial charge is 0.262 e. The number of halogens is 1. The van der Waals surface area contributed by atoms with Crippen LogP contribution in [-0.4, -0.2) is 67.2 Å². The van der Waals surface area contributed by atoms with E-state index in [0.717, 1.165) is 61.7 Å². The number of amides is 1. The first-order valence-corrected chi connectivity index (χ1v) is 19.3. The molecule has 10 nitrogen and oxygen atoms in total. The fourth-order valence-corrected chi connectivity index (χ4v) is 9.98. The maximum Gasteiger partial charge on any atom is 0.262 e. The van der Waals surface area contributed by atoms with E-state index in [-0.39, 0.29) is 22.7 Å².